The molecule has 30 heavy (non-hydrogen) atoms. The van der Waals surface area contributed by atoms with Gasteiger partial charge >= 0.3 is 0 Å². The second-order valence-electron chi connectivity index (χ2n) is 8.37. The Morgan fingerprint density at radius 3 is 2.63 bits per heavy atom. The Bertz CT molecular complexity index is 1040. The minimum atomic E-state index is -0.422. The van der Waals surface area contributed by atoms with Crippen molar-refractivity contribution in [2.45, 2.75) is 51.6 Å². The zero-order chi connectivity index (χ0) is 20.8. The van der Waals surface area contributed by atoms with E-state index in [9.17, 15) is 14.4 Å². The van der Waals surface area contributed by atoms with Crippen molar-refractivity contribution in [2.75, 3.05) is 19.6 Å². The number of benzene rings is 1. The van der Waals surface area contributed by atoms with Crippen LogP contribution in [0, 0.1) is 0 Å². The van der Waals surface area contributed by atoms with Crippen LogP contribution in [0.1, 0.15) is 69.8 Å². The number of aromatic nitrogens is 2. The van der Waals surface area contributed by atoms with E-state index in [-0.39, 0.29) is 24.0 Å². The first-order chi connectivity index (χ1) is 14.6. The normalized spacial score (nSPS) is 20.4. The largest absolute Gasteiger partial charge is 0.337 e. The van der Waals surface area contributed by atoms with Gasteiger partial charge in [0.15, 0.2) is 11.5 Å². The van der Waals surface area contributed by atoms with Gasteiger partial charge in [0.25, 0.3) is 5.91 Å². The number of amides is 2. The van der Waals surface area contributed by atoms with Gasteiger partial charge in [-0.15, -0.1) is 0 Å². The van der Waals surface area contributed by atoms with Gasteiger partial charge in [-0.1, -0.05) is 24.3 Å². The first kappa shape index (κ1) is 19.0. The van der Waals surface area contributed by atoms with Crippen molar-refractivity contribution in [1.82, 2.24) is 19.6 Å². The summed E-state index contributed by atoms with van der Waals surface area (Å²) in [4.78, 5) is 42.5. The highest BCUT2D eigenvalue weighted by atomic mass is 16.2. The van der Waals surface area contributed by atoms with Crippen LogP contribution in [0.4, 0.5) is 0 Å². The standard InChI is InChI=1S/C23H26N4O3/c1-2-27-19-9-12-26(14-18(19)21(24-27)23(30)25-10-5-6-11-25)22(29)17-13-20(28)16-8-4-3-7-15(16)17/h3-4,7-8,17H,2,5-6,9-14H2,1H3. The average Bonchev–Trinajstić information content (AvgIpc) is 3.50. The summed E-state index contributed by atoms with van der Waals surface area (Å²) in [6, 6.07) is 7.41. The monoisotopic (exact) mass is 406 g/mol. The zero-order valence-corrected chi connectivity index (χ0v) is 17.3. The summed E-state index contributed by atoms with van der Waals surface area (Å²) in [6.07, 6.45) is 2.97. The Balaban J connectivity index is 1.43. The van der Waals surface area contributed by atoms with Gasteiger partial charge in [0, 0.05) is 62.4 Å². The van der Waals surface area contributed by atoms with Gasteiger partial charge in [-0.05, 0) is 25.3 Å². The van der Waals surface area contributed by atoms with Gasteiger partial charge in [0.2, 0.25) is 5.91 Å². The number of Topliss-reactive ketones (excluding diaryl/α,β-unsaturated/α-hetero) is 1. The lowest BCUT2D eigenvalue weighted by atomic mass is 9.97. The maximum Gasteiger partial charge on any atom is 0.274 e. The molecule has 2 aliphatic heterocycles. The smallest absolute Gasteiger partial charge is 0.274 e. The molecule has 1 aromatic carbocycles. The highest BCUT2D eigenvalue weighted by Gasteiger charge is 2.39. The molecule has 1 aromatic heterocycles. The summed E-state index contributed by atoms with van der Waals surface area (Å²) in [5, 5.41) is 4.63. The van der Waals surface area contributed by atoms with Crippen LogP contribution in [0.25, 0.3) is 0 Å². The van der Waals surface area contributed by atoms with E-state index in [1.54, 1.807) is 6.07 Å². The van der Waals surface area contributed by atoms with E-state index in [0.29, 0.717) is 37.3 Å². The Hall–Kier alpha value is -2.96. The lowest BCUT2D eigenvalue weighted by Gasteiger charge is -2.30. The third-order valence-electron chi connectivity index (χ3n) is 6.67. The van der Waals surface area contributed by atoms with Crippen LogP contribution in [0.5, 0.6) is 0 Å². The van der Waals surface area contributed by atoms with Crippen LogP contribution in [-0.4, -0.2) is 56.8 Å². The van der Waals surface area contributed by atoms with E-state index >= 15 is 0 Å². The highest BCUT2D eigenvalue weighted by Crippen LogP contribution is 2.36. The molecule has 1 aliphatic carbocycles. The van der Waals surface area contributed by atoms with E-state index in [1.807, 2.05) is 39.6 Å². The van der Waals surface area contributed by atoms with Crippen LogP contribution < -0.4 is 0 Å². The molecule has 2 aromatic rings. The lowest BCUT2D eigenvalue weighted by Crippen LogP contribution is -2.39. The van der Waals surface area contributed by atoms with Gasteiger partial charge < -0.3 is 9.80 Å². The molecular weight excluding hydrogens is 380 g/mol. The molecular formula is C23H26N4O3. The number of likely N-dealkylation sites (tertiary alicyclic amines) is 1. The van der Waals surface area contributed by atoms with Crippen molar-refractivity contribution >= 4 is 17.6 Å². The zero-order valence-electron chi connectivity index (χ0n) is 17.3. The molecule has 0 bridgehead atoms. The molecule has 1 unspecified atom stereocenters. The maximum atomic E-state index is 13.4. The first-order valence-electron chi connectivity index (χ1n) is 10.9. The molecule has 3 aliphatic rings. The van der Waals surface area contributed by atoms with Crippen molar-refractivity contribution in [3.63, 3.8) is 0 Å². The fourth-order valence-corrected chi connectivity index (χ4v) is 5.08. The van der Waals surface area contributed by atoms with Gasteiger partial charge in [0.1, 0.15) is 0 Å². The Labute approximate surface area is 175 Å². The van der Waals surface area contributed by atoms with E-state index in [0.717, 1.165) is 42.8 Å². The molecule has 0 radical (unpaired) electrons. The number of hydrogen-bond donors (Lipinski definition) is 0. The summed E-state index contributed by atoms with van der Waals surface area (Å²) < 4.78 is 1.91. The number of hydrogen-bond acceptors (Lipinski definition) is 4. The molecule has 1 saturated heterocycles. The summed E-state index contributed by atoms with van der Waals surface area (Å²) in [5.41, 5.74) is 3.93. The van der Waals surface area contributed by atoms with Gasteiger partial charge in [0.05, 0.1) is 5.92 Å². The number of fused-ring (bicyclic) bond motifs is 2. The van der Waals surface area contributed by atoms with Crippen molar-refractivity contribution in [2.24, 2.45) is 0 Å². The summed E-state index contributed by atoms with van der Waals surface area (Å²) in [6.45, 7) is 5.24. The minimum absolute atomic E-state index is 0.0216. The molecule has 5 rings (SSSR count). The molecule has 3 heterocycles. The molecule has 0 N–H and O–H groups in total. The Morgan fingerprint density at radius 2 is 1.87 bits per heavy atom. The van der Waals surface area contributed by atoms with Crippen molar-refractivity contribution in [1.29, 1.82) is 0 Å². The summed E-state index contributed by atoms with van der Waals surface area (Å²) in [7, 11) is 0. The molecule has 2 amide bonds. The molecule has 1 atom stereocenters. The number of carbonyl (C=O) groups is 3. The topological polar surface area (TPSA) is 75.5 Å². The van der Waals surface area contributed by atoms with Gasteiger partial charge in [-0.2, -0.15) is 5.10 Å². The fraction of sp³-hybridized carbons (Fsp3) is 0.478. The molecule has 7 heteroatoms. The SMILES string of the molecule is CCn1nc(C(=O)N2CCCC2)c2c1CCN(C(=O)C1CC(=O)c3ccccc31)C2. The number of nitrogens with zero attached hydrogens (tertiary/aromatic N) is 4. The van der Waals surface area contributed by atoms with Crippen LogP contribution in [0.3, 0.4) is 0 Å². The minimum Gasteiger partial charge on any atom is -0.337 e. The second-order valence-corrected chi connectivity index (χ2v) is 8.37. The van der Waals surface area contributed by atoms with Gasteiger partial charge in [-0.25, -0.2) is 0 Å². The average molecular weight is 406 g/mol. The molecule has 7 nitrogen and oxygen atoms in total. The maximum absolute atomic E-state index is 13.4. The fourth-order valence-electron chi connectivity index (χ4n) is 5.08. The number of aryl methyl sites for hydroxylation is 1. The van der Waals surface area contributed by atoms with Crippen molar-refractivity contribution in [3.8, 4) is 0 Å². The van der Waals surface area contributed by atoms with Crippen LogP contribution in [0.15, 0.2) is 24.3 Å². The number of carbonyl (C=O) groups excluding carboxylic acids is 3. The van der Waals surface area contributed by atoms with Crippen molar-refractivity contribution < 1.29 is 14.4 Å². The quantitative estimate of drug-likeness (QED) is 0.784. The molecule has 1 fully saturated rings. The molecule has 0 saturated carbocycles. The second kappa shape index (κ2) is 7.38. The van der Waals surface area contributed by atoms with E-state index in [2.05, 4.69) is 5.10 Å². The third-order valence-corrected chi connectivity index (χ3v) is 6.67. The summed E-state index contributed by atoms with van der Waals surface area (Å²) in [5.74, 6) is -0.436. The lowest BCUT2D eigenvalue weighted by molar-refractivity contribution is -0.133. The summed E-state index contributed by atoms with van der Waals surface area (Å²) >= 11 is 0. The number of rotatable bonds is 3. The Morgan fingerprint density at radius 1 is 1.10 bits per heavy atom. The van der Waals surface area contributed by atoms with Gasteiger partial charge in [-0.3, -0.25) is 19.1 Å². The van der Waals surface area contributed by atoms with Crippen LogP contribution in [0.2, 0.25) is 0 Å². The van der Waals surface area contributed by atoms with E-state index in [4.69, 9.17) is 0 Å². The number of ketones is 1. The molecule has 156 valence electrons. The highest BCUT2D eigenvalue weighted by molar-refractivity contribution is 6.06. The van der Waals surface area contributed by atoms with E-state index in [1.165, 1.54) is 0 Å². The van der Waals surface area contributed by atoms with E-state index < -0.39 is 5.92 Å². The Kier molecular flexibility index (Phi) is 4.68. The van der Waals surface area contributed by atoms with Crippen molar-refractivity contribution in [3.05, 3.63) is 52.3 Å². The predicted molar refractivity (Wildman–Crippen MR) is 110 cm³/mol. The third kappa shape index (κ3) is 2.95. The molecule has 0 spiro atoms. The van der Waals surface area contributed by atoms with Crippen LogP contribution in [-0.2, 0) is 24.3 Å². The first-order valence-corrected chi connectivity index (χ1v) is 10.9. The van der Waals surface area contributed by atoms with Crippen LogP contribution >= 0.6 is 0 Å². The predicted octanol–water partition coefficient (Wildman–Crippen LogP) is 2.39.